The number of para-hydroxylation sites is 6. The molecule has 10 aromatic carbocycles. The molecule has 0 aliphatic heterocycles. The largest absolute Gasteiger partial charge is 0.455 e. The van der Waals surface area contributed by atoms with E-state index < -0.39 is 0 Å². The minimum absolute atomic E-state index is 0.883. The molecule has 0 unspecified atom stereocenters. The average molecular weight is 779 g/mol. The van der Waals surface area contributed by atoms with Gasteiger partial charge in [0.1, 0.15) is 11.2 Å². The molecule has 2 aromatic heterocycles. The monoisotopic (exact) mass is 778 g/mol. The van der Waals surface area contributed by atoms with E-state index in [-0.39, 0.29) is 0 Å². The van der Waals surface area contributed by atoms with Crippen molar-refractivity contribution in [2.75, 3.05) is 4.90 Å². The summed E-state index contributed by atoms with van der Waals surface area (Å²) >= 11 is 0. The molecule has 12 aromatic rings. The van der Waals surface area contributed by atoms with Crippen molar-refractivity contribution in [2.45, 2.75) is 0 Å². The summed E-state index contributed by atoms with van der Waals surface area (Å²) < 4.78 is 9.24. The van der Waals surface area contributed by atoms with Crippen molar-refractivity contribution in [2.24, 2.45) is 0 Å². The Hall–Kier alpha value is -8.14. The molecule has 3 nitrogen and oxygen atoms in total. The van der Waals surface area contributed by atoms with Gasteiger partial charge >= 0.3 is 0 Å². The summed E-state index contributed by atoms with van der Waals surface area (Å²) in [5.74, 6) is 0. The molecular weight excluding hydrogens is 741 g/mol. The van der Waals surface area contributed by atoms with Crippen LogP contribution < -0.4 is 4.90 Å². The number of aromatic nitrogens is 1. The molecule has 286 valence electrons. The van der Waals surface area contributed by atoms with Crippen LogP contribution in [0.1, 0.15) is 0 Å². The minimum atomic E-state index is 0.883. The number of hydrogen-bond acceptors (Lipinski definition) is 2. The molecule has 0 aliphatic rings. The van der Waals surface area contributed by atoms with Gasteiger partial charge in [-0.3, -0.25) is 0 Å². The Bertz CT molecular complexity index is 3540. The van der Waals surface area contributed by atoms with E-state index in [1.54, 1.807) is 0 Å². The first-order valence-electron chi connectivity index (χ1n) is 20.8. The summed E-state index contributed by atoms with van der Waals surface area (Å²) in [5.41, 5.74) is 15.3. The summed E-state index contributed by atoms with van der Waals surface area (Å²) in [5, 5.41) is 7.10. The predicted octanol–water partition coefficient (Wildman–Crippen LogP) is 16.3. The van der Waals surface area contributed by atoms with Gasteiger partial charge in [0.15, 0.2) is 0 Å². The number of fused-ring (bicyclic) bond motifs is 7. The van der Waals surface area contributed by atoms with Crippen molar-refractivity contribution in [3.05, 3.63) is 231 Å². The number of nitrogens with zero attached hydrogens (tertiary/aromatic N) is 2. The van der Waals surface area contributed by atoms with Gasteiger partial charge in [-0.05, 0) is 76.5 Å². The van der Waals surface area contributed by atoms with Crippen LogP contribution in [0.3, 0.4) is 0 Å². The molecule has 0 spiro atoms. The fourth-order valence-electron chi connectivity index (χ4n) is 9.42. The Morgan fingerprint density at radius 2 is 0.869 bits per heavy atom. The van der Waals surface area contributed by atoms with Gasteiger partial charge in [0.2, 0.25) is 0 Å². The third-order valence-corrected chi connectivity index (χ3v) is 12.2. The predicted molar refractivity (Wildman–Crippen MR) is 257 cm³/mol. The number of anilines is 3. The molecule has 61 heavy (non-hydrogen) atoms. The van der Waals surface area contributed by atoms with Crippen molar-refractivity contribution in [3.8, 4) is 39.1 Å². The molecule has 0 amide bonds. The molecule has 0 saturated heterocycles. The first-order valence-corrected chi connectivity index (χ1v) is 20.8. The van der Waals surface area contributed by atoms with Crippen molar-refractivity contribution >= 4 is 71.6 Å². The number of rotatable bonds is 7. The fraction of sp³-hybridized carbons (Fsp3) is 0. The SMILES string of the molecule is c1ccc(-c2ccccc2N(c2ccc(-c3ccccc3-n3c4ccccc4c4ccccc43)cc2)c2ccccc2-c2cccc3c2oc2cc4ccccc4cc23)cc1. The molecule has 0 atom stereocenters. The zero-order valence-corrected chi connectivity index (χ0v) is 33.2. The highest BCUT2D eigenvalue weighted by atomic mass is 16.3. The summed E-state index contributed by atoms with van der Waals surface area (Å²) in [4.78, 5) is 2.41. The maximum absolute atomic E-state index is 6.82. The lowest BCUT2D eigenvalue weighted by atomic mass is 9.97. The highest BCUT2D eigenvalue weighted by Gasteiger charge is 2.23. The van der Waals surface area contributed by atoms with Crippen LogP contribution >= 0.6 is 0 Å². The molecule has 12 rings (SSSR count). The maximum Gasteiger partial charge on any atom is 0.143 e. The van der Waals surface area contributed by atoms with E-state index in [0.29, 0.717) is 0 Å². The van der Waals surface area contributed by atoms with Gasteiger partial charge < -0.3 is 13.9 Å². The van der Waals surface area contributed by atoms with E-state index in [9.17, 15) is 0 Å². The van der Waals surface area contributed by atoms with E-state index in [4.69, 9.17) is 4.42 Å². The Labute approximate surface area is 353 Å². The highest BCUT2D eigenvalue weighted by Crippen LogP contribution is 2.47. The second kappa shape index (κ2) is 14.3. The molecule has 0 saturated carbocycles. The third kappa shape index (κ3) is 5.74. The summed E-state index contributed by atoms with van der Waals surface area (Å²) in [7, 11) is 0. The van der Waals surface area contributed by atoms with Crippen LogP contribution in [-0.2, 0) is 0 Å². The van der Waals surface area contributed by atoms with Crippen LogP contribution in [0, 0.1) is 0 Å². The first kappa shape index (κ1) is 34.9. The van der Waals surface area contributed by atoms with Gasteiger partial charge in [-0.15, -0.1) is 0 Å². The summed E-state index contributed by atoms with van der Waals surface area (Å²) in [6.07, 6.45) is 0. The average Bonchev–Trinajstić information content (AvgIpc) is 3.87. The van der Waals surface area contributed by atoms with Crippen molar-refractivity contribution in [1.29, 1.82) is 0 Å². The van der Waals surface area contributed by atoms with E-state index in [1.165, 1.54) is 38.1 Å². The third-order valence-electron chi connectivity index (χ3n) is 12.2. The van der Waals surface area contributed by atoms with Crippen molar-refractivity contribution < 1.29 is 4.42 Å². The lowest BCUT2D eigenvalue weighted by Crippen LogP contribution is -2.12. The van der Waals surface area contributed by atoms with Crippen LogP contribution in [-0.4, -0.2) is 4.57 Å². The second-order valence-corrected chi connectivity index (χ2v) is 15.6. The molecule has 0 fully saturated rings. The Morgan fingerprint density at radius 3 is 1.61 bits per heavy atom. The summed E-state index contributed by atoms with van der Waals surface area (Å²) in [6, 6.07) is 82.8. The lowest BCUT2D eigenvalue weighted by molar-refractivity contribution is 0.670. The second-order valence-electron chi connectivity index (χ2n) is 15.6. The number of furan rings is 1. The number of benzene rings is 10. The van der Waals surface area contributed by atoms with Crippen LogP contribution in [0.5, 0.6) is 0 Å². The van der Waals surface area contributed by atoms with Crippen molar-refractivity contribution in [3.63, 3.8) is 0 Å². The lowest BCUT2D eigenvalue weighted by Gasteiger charge is -2.30. The molecule has 0 bridgehead atoms. The van der Waals surface area contributed by atoms with E-state index in [1.807, 2.05) is 0 Å². The van der Waals surface area contributed by atoms with Crippen LogP contribution in [0.25, 0.3) is 93.6 Å². The Morgan fingerprint density at radius 1 is 0.344 bits per heavy atom. The minimum Gasteiger partial charge on any atom is -0.455 e. The van der Waals surface area contributed by atoms with E-state index in [2.05, 4.69) is 240 Å². The first-order chi connectivity index (χ1) is 30.3. The zero-order valence-electron chi connectivity index (χ0n) is 33.2. The van der Waals surface area contributed by atoms with Crippen LogP contribution in [0.4, 0.5) is 17.1 Å². The zero-order chi connectivity index (χ0) is 40.3. The highest BCUT2D eigenvalue weighted by molar-refractivity contribution is 6.14. The van der Waals surface area contributed by atoms with Gasteiger partial charge in [0.05, 0.1) is 28.1 Å². The molecule has 0 aliphatic carbocycles. The molecule has 2 heterocycles. The Balaban J connectivity index is 1.05. The Kier molecular flexibility index (Phi) is 8.17. The summed E-state index contributed by atoms with van der Waals surface area (Å²) in [6.45, 7) is 0. The normalized spacial score (nSPS) is 11.6. The fourth-order valence-corrected chi connectivity index (χ4v) is 9.42. The molecular formula is C58H38N2O. The molecule has 3 heteroatoms. The van der Waals surface area contributed by atoms with E-state index in [0.717, 1.165) is 72.5 Å². The molecule has 0 radical (unpaired) electrons. The van der Waals surface area contributed by atoms with Gasteiger partial charge in [0.25, 0.3) is 0 Å². The molecule has 0 N–H and O–H groups in total. The van der Waals surface area contributed by atoms with Gasteiger partial charge in [-0.25, -0.2) is 0 Å². The van der Waals surface area contributed by atoms with Gasteiger partial charge in [-0.2, -0.15) is 0 Å². The van der Waals surface area contributed by atoms with Crippen LogP contribution in [0.2, 0.25) is 0 Å². The number of hydrogen-bond donors (Lipinski definition) is 0. The van der Waals surface area contributed by atoms with Gasteiger partial charge in [-0.1, -0.05) is 176 Å². The maximum atomic E-state index is 6.82. The van der Waals surface area contributed by atoms with Crippen LogP contribution in [0.15, 0.2) is 235 Å². The quantitative estimate of drug-likeness (QED) is 0.161. The van der Waals surface area contributed by atoms with Gasteiger partial charge in [0, 0.05) is 49.5 Å². The van der Waals surface area contributed by atoms with E-state index >= 15 is 0 Å². The topological polar surface area (TPSA) is 21.3 Å². The smallest absolute Gasteiger partial charge is 0.143 e. The standard InChI is InChI=1S/C58H38N2O/c1-2-17-39(18-3-1)44-21-6-11-28-52(44)59(54-30-13-10-25-48(54)49-26-16-27-50-51-37-41-19-4-5-20-42(41)38-57(51)61-58(49)50)43-35-33-40(34-36-43)45-22-7-12-29-53(45)60-55-31-14-8-23-46(55)47-24-9-15-32-56(47)60/h1-38H. The van der Waals surface area contributed by atoms with Crippen molar-refractivity contribution in [1.82, 2.24) is 4.57 Å².